The molecule has 0 aliphatic heterocycles. The number of nitrogens with two attached hydrogens (primary N) is 1. The number of aromatic amines is 1. The van der Waals surface area contributed by atoms with Gasteiger partial charge in [0, 0.05) is 11.1 Å². The lowest BCUT2D eigenvalue weighted by molar-refractivity contribution is 1.07. The molecular formula is C9H11N3. The summed E-state index contributed by atoms with van der Waals surface area (Å²) in [6.45, 7) is 2.11. The molecule has 0 saturated heterocycles. The Labute approximate surface area is 70.6 Å². The van der Waals surface area contributed by atoms with Crippen LogP contribution in [0.2, 0.25) is 0 Å². The predicted molar refractivity (Wildman–Crippen MR) is 49.9 cm³/mol. The highest BCUT2D eigenvalue weighted by molar-refractivity contribution is 5.81. The second-order valence-electron chi connectivity index (χ2n) is 2.84. The van der Waals surface area contributed by atoms with Gasteiger partial charge in [0.2, 0.25) is 0 Å². The molecule has 0 bridgehead atoms. The van der Waals surface area contributed by atoms with Crippen molar-refractivity contribution >= 4 is 16.7 Å². The second-order valence-corrected chi connectivity index (χ2v) is 2.84. The van der Waals surface area contributed by atoms with Gasteiger partial charge < -0.3 is 10.7 Å². The molecule has 62 valence electrons. The van der Waals surface area contributed by atoms with Crippen LogP contribution in [0.25, 0.3) is 10.9 Å². The molecule has 2 rings (SSSR count). The number of hydrogen-bond donors (Lipinski definition) is 2. The zero-order valence-electron chi connectivity index (χ0n) is 6.96. The normalized spacial score (nSPS) is 10.8. The summed E-state index contributed by atoms with van der Waals surface area (Å²) in [4.78, 5) is 7.26. The van der Waals surface area contributed by atoms with Gasteiger partial charge in [0.05, 0.1) is 11.7 Å². The summed E-state index contributed by atoms with van der Waals surface area (Å²) in [5, 5.41) is 1.14. The van der Waals surface area contributed by atoms with E-state index in [1.807, 2.05) is 6.07 Å². The van der Waals surface area contributed by atoms with Crippen LogP contribution in [-0.4, -0.2) is 9.97 Å². The molecule has 0 radical (unpaired) electrons. The van der Waals surface area contributed by atoms with Gasteiger partial charge in [-0.3, -0.25) is 0 Å². The van der Waals surface area contributed by atoms with E-state index >= 15 is 0 Å². The standard InChI is InChI=1S/C9H11N3/c1-2-7-3-6-4-9(10)11-5-8(6)12-7/h3-5,12H,2H2,1H3,(H2,10,11). The SMILES string of the molecule is CCc1cc2cc(N)ncc2[nH]1. The van der Waals surface area contributed by atoms with E-state index in [2.05, 4.69) is 23.0 Å². The van der Waals surface area contributed by atoms with Crippen LogP contribution in [0.3, 0.4) is 0 Å². The Morgan fingerprint density at radius 1 is 1.50 bits per heavy atom. The highest BCUT2D eigenvalue weighted by Crippen LogP contribution is 2.16. The van der Waals surface area contributed by atoms with Crippen LogP contribution < -0.4 is 5.73 Å². The maximum absolute atomic E-state index is 5.55. The third-order valence-electron chi connectivity index (χ3n) is 1.96. The molecule has 0 spiro atoms. The Kier molecular flexibility index (Phi) is 1.50. The number of nitrogen functional groups attached to an aromatic ring is 1. The topological polar surface area (TPSA) is 54.7 Å². The predicted octanol–water partition coefficient (Wildman–Crippen LogP) is 1.71. The third kappa shape index (κ3) is 1.03. The van der Waals surface area contributed by atoms with Crippen LogP contribution in [0, 0.1) is 0 Å². The average Bonchev–Trinajstić information content (AvgIpc) is 2.46. The molecule has 0 aliphatic carbocycles. The number of pyridine rings is 1. The Morgan fingerprint density at radius 2 is 2.33 bits per heavy atom. The number of H-pyrrole nitrogens is 1. The number of rotatable bonds is 1. The monoisotopic (exact) mass is 161 g/mol. The van der Waals surface area contributed by atoms with Gasteiger partial charge in [0.25, 0.3) is 0 Å². The van der Waals surface area contributed by atoms with Crippen molar-refractivity contribution in [1.29, 1.82) is 0 Å². The van der Waals surface area contributed by atoms with Gasteiger partial charge in [-0.15, -0.1) is 0 Å². The smallest absolute Gasteiger partial charge is 0.124 e. The molecule has 0 saturated carbocycles. The van der Waals surface area contributed by atoms with Gasteiger partial charge in [-0.1, -0.05) is 6.92 Å². The fourth-order valence-electron chi connectivity index (χ4n) is 1.30. The van der Waals surface area contributed by atoms with E-state index in [0.29, 0.717) is 5.82 Å². The number of fused-ring (bicyclic) bond motifs is 1. The molecule has 3 N–H and O–H groups in total. The number of aromatic nitrogens is 2. The number of hydrogen-bond acceptors (Lipinski definition) is 2. The maximum atomic E-state index is 5.55. The van der Waals surface area contributed by atoms with Gasteiger partial charge in [-0.2, -0.15) is 0 Å². The third-order valence-corrected chi connectivity index (χ3v) is 1.96. The Bertz CT molecular complexity index is 403. The van der Waals surface area contributed by atoms with Crippen molar-refractivity contribution in [2.75, 3.05) is 5.73 Å². The second kappa shape index (κ2) is 2.52. The van der Waals surface area contributed by atoms with Crippen molar-refractivity contribution in [3.05, 3.63) is 24.0 Å². The molecule has 3 nitrogen and oxygen atoms in total. The van der Waals surface area contributed by atoms with Crippen LogP contribution in [0.15, 0.2) is 18.3 Å². The molecule has 2 heterocycles. The Balaban J connectivity index is 2.67. The van der Waals surface area contributed by atoms with Crippen LogP contribution in [0.4, 0.5) is 5.82 Å². The first-order valence-electron chi connectivity index (χ1n) is 4.02. The van der Waals surface area contributed by atoms with E-state index in [1.165, 1.54) is 5.69 Å². The first-order valence-corrected chi connectivity index (χ1v) is 4.02. The molecule has 2 aromatic heterocycles. The lowest BCUT2D eigenvalue weighted by Gasteiger charge is -1.90. The van der Waals surface area contributed by atoms with E-state index < -0.39 is 0 Å². The lowest BCUT2D eigenvalue weighted by atomic mass is 10.3. The molecule has 0 aliphatic rings. The summed E-state index contributed by atoms with van der Waals surface area (Å²) in [6.07, 6.45) is 2.78. The first-order chi connectivity index (χ1) is 5.79. The summed E-state index contributed by atoms with van der Waals surface area (Å²) in [5.74, 6) is 0.573. The van der Waals surface area contributed by atoms with Gasteiger partial charge in [0.15, 0.2) is 0 Å². The fraction of sp³-hybridized carbons (Fsp3) is 0.222. The summed E-state index contributed by atoms with van der Waals surface area (Å²) in [6, 6.07) is 3.98. The van der Waals surface area contributed by atoms with Gasteiger partial charge in [-0.05, 0) is 18.6 Å². The lowest BCUT2D eigenvalue weighted by Crippen LogP contribution is -1.87. The van der Waals surface area contributed by atoms with Gasteiger partial charge in [-0.25, -0.2) is 4.98 Å². The fourth-order valence-corrected chi connectivity index (χ4v) is 1.30. The largest absolute Gasteiger partial charge is 0.384 e. The molecule has 3 heteroatoms. The van der Waals surface area contributed by atoms with Crippen molar-refractivity contribution in [2.45, 2.75) is 13.3 Å². The Hall–Kier alpha value is -1.51. The van der Waals surface area contributed by atoms with Crippen LogP contribution in [-0.2, 0) is 6.42 Å². The molecule has 2 aromatic rings. The quantitative estimate of drug-likeness (QED) is 0.669. The minimum Gasteiger partial charge on any atom is -0.384 e. The zero-order chi connectivity index (χ0) is 8.55. The van der Waals surface area contributed by atoms with Crippen LogP contribution >= 0.6 is 0 Å². The van der Waals surface area contributed by atoms with Gasteiger partial charge >= 0.3 is 0 Å². The van der Waals surface area contributed by atoms with E-state index in [9.17, 15) is 0 Å². The molecule has 0 fully saturated rings. The molecule has 0 aromatic carbocycles. The highest BCUT2D eigenvalue weighted by Gasteiger charge is 1.98. The van der Waals surface area contributed by atoms with E-state index in [1.54, 1.807) is 6.20 Å². The average molecular weight is 161 g/mol. The first kappa shape index (κ1) is 7.16. The summed E-state index contributed by atoms with van der Waals surface area (Å²) in [5.41, 5.74) is 7.83. The summed E-state index contributed by atoms with van der Waals surface area (Å²) in [7, 11) is 0. The maximum Gasteiger partial charge on any atom is 0.124 e. The highest BCUT2D eigenvalue weighted by atomic mass is 14.8. The number of nitrogens with one attached hydrogen (secondary N) is 1. The molecule has 12 heavy (non-hydrogen) atoms. The van der Waals surface area contributed by atoms with Crippen LogP contribution in [0.5, 0.6) is 0 Å². The number of anilines is 1. The van der Waals surface area contributed by atoms with E-state index in [-0.39, 0.29) is 0 Å². The van der Waals surface area contributed by atoms with Crippen molar-refractivity contribution < 1.29 is 0 Å². The van der Waals surface area contributed by atoms with E-state index in [4.69, 9.17) is 5.73 Å². The number of aryl methyl sites for hydroxylation is 1. The van der Waals surface area contributed by atoms with Crippen molar-refractivity contribution in [3.63, 3.8) is 0 Å². The Morgan fingerprint density at radius 3 is 3.08 bits per heavy atom. The molecular weight excluding hydrogens is 150 g/mol. The minimum absolute atomic E-state index is 0.573. The van der Waals surface area contributed by atoms with Crippen molar-refractivity contribution in [1.82, 2.24) is 9.97 Å². The molecule has 0 unspecified atom stereocenters. The molecule has 0 atom stereocenters. The zero-order valence-corrected chi connectivity index (χ0v) is 6.96. The van der Waals surface area contributed by atoms with Crippen LogP contribution in [0.1, 0.15) is 12.6 Å². The summed E-state index contributed by atoms with van der Waals surface area (Å²) >= 11 is 0. The minimum atomic E-state index is 0.573. The van der Waals surface area contributed by atoms with Crippen molar-refractivity contribution in [2.24, 2.45) is 0 Å². The summed E-state index contributed by atoms with van der Waals surface area (Å²) < 4.78 is 0. The van der Waals surface area contributed by atoms with Crippen molar-refractivity contribution in [3.8, 4) is 0 Å². The molecule has 0 amide bonds. The number of nitrogens with zero attached hydrogens (tertiary/aromatic N) is 1. The van der Waals surface area contributed by atoms with E-state index in [0.717, 1.165) is 17.3 Å². The van der Waals surface area contributed by atoms with Gasteiger partial charge in [0.1, 0.15) is 5.82 Å².